The fourth-order valence-electron chi connectivity index (χ4n) is 1.98. The van der Waals surface area contributed by atoms with E-state index in [1.165, 1.54) is 0 Å². The Bertz CT molecular complexity index is 560. The Morgan fingerprint density at radius 2 is 1.84 bits per heavy atom. The van der Waals surface area contributed by atoms with Crippen molar-refractivity contribution in [1.82, 2.24) is 9.78 Å². The quantitative estimate of drug-likeness (QED) is 0.913. The van der Waals surface area contributed by atoms with Gasteiger partial charge in [-0.3, -0.25) is 4.68 Å². The number of hydrogen-bond acceptors (Lipinski definition) is 2. The lowest BCUT2D eigenvalue weighted by Gasteiger charge is -2.16. The van der Waals surface area contributed by atoms with E-state index in [4.69, 9.17) is 40.5 Å². The van der Waals surface area contributed by atoms with Gasteiger partial charge in [-0.2, -0.15) is 5.10 Å². The zero-order valence-corrected chi connectivity index (χ0v) is 12.7. The van der Waals surface area contributed by atoms with Gasteiger partial charge < -0.3 is 5.73 Å². The number of hydrogen-bond donors (Lipinski definition) is 1. The third kappa shape index (κ3) is 3.23. The monoisotopic (exact) mass is 317 g/mol. The highest BCUT2D eigenvalue weighted by atomic mass is 35.5. The molecule has 0 aliphatic heterocycles. The predicted octanol–water partition coefficient (Wildman–Crippen LogP) is 4.30. The number of benzene rings is 1. The van der Waals surface area contributed by atoms with Crippen molar-refractivity contribution in [3.05, 3.63) is 50.7 Å². The van der Waals surface area contributed by atoms with Crippen molar-refractivity contribution >= 4 is 34.8 Å². The maximum absolute atomic E-state index is 6.27. The average molecular weight is 319 g/mol. The SMILES string of the molecule is CCCn1ncc(Cl)c1C(N)c1cc(Cl)cc(Cl)c1. The van der Waals surface area contributed by atoms with Crippen molar-refractivity contribution in [3.63, 3.8) is 0 Å². The van der Waals surface area contributed by atoms with Crippen LogP contribution in [0.25, 0.3) is 0 Å². The number of aromatic nitrogens is 2. The zero-order valence-electron chi connectivity index (χ0n) is 10.4. The van der Waals surface area contributed by atoms with E-state index >= 15 is 0 Å². The Labute approximate surface area is 127 Å². The van der Waals surface area contributed by atoms with Gasteiger partial charge in [0.05, 0.1) is 23.0 Å². The number of aryl methyl sites for hydroxylation is 1. The molecule has 3 nitrogen and oxygen atoms in total. The van der Waals surface area contributed by atoms with Gasteiger partial charge in [0.1, 0.15) is 0 Å². The summed E-state index contributed by atoms with van der Waals surface area (Å²) >= 11 is 18.2. The molecular formula is C13H14Cl3N3. The van der Waals surface area contributed by atoms with Crippen molar-refractivity contribution in [2.45, 2.75) is 25.9 Å². The molecule has 2 aromatic rings. The van der Waals surface area contributed by atoms with E-state index in [2.05, 4.69) is 12.0 Å². The fraction of sp³-hybridized carbons (Fsp3) is 0.308. The summed E-state index contributed by atoms with van der Waals surface area (Å²) in [5, 5.41) is 5.89. The van der Waals surface area contributed by atoms with Crippen molar-refractivity contribution in [1.29, 1.82) is 0 Å². The van der Waals surface area contributed by atoms with Crippen molar-refractivity contribution in [2.24, 2.45) is 5.73 Å². The van der Waals surface area contributed by atoms with Crippen molar-refractivity contribution in [2.75, 3.05) is 0 Å². The normalized spacial score (nSPS) is 12.7. The zero-order chi connectivity index (χ0) is 14.0. The maximum Gasteiger partial charge on any atom is 0.0837 e. The molecule has 19 heavy (non-hydrogen) atoms. The highest BCUT2D eigenvalue weighted by molar-refractivity contribution is 6.34. The van der Waals surface area contributed by atoms with Gasteiger partial charge in [0, 0.05) is 16.6 Å². The highest BCUT2D eigenvalue weighted by Crippen LogP contribution is 2.30. The van der Waals surface area contributed by atoms with Crippen LogP contribution in [0.1, 0.15) is 30.6 Å². The second-order valence-corrected chi connectivity index (χ2v) is 5.56. The van der Waals surface area contributed by atoms with Gasteiger partial charge in [-0.05, 0) is 30.2 Å². The van der Waals surface area contributed by atoms with Crippen LogP contribution in [0.15, 0.2) is 24.4 Å². The molecule has 0 spiro atoms. The van der Waals surface area contributed by atoms with Gasteiger partial charge in [-0.15, -0.1) is 0 Å². The van der Waals surface area contributed by atoms with E-state index in [0.29, 0.717) is 15.1 Å². The van der Waals surface area contributed by atoms with Gasteiger partial charge in [0.15, 0.2) is 0 Å². The van der Waals surface area contributed by atoms with Gasteiger partial charge in [0.25, 0.3) is 0 Å². The second kappa shape index (κ2) is 6.14. The fourth-order valence-corrected chi connectivity index (χ4v) is 2.79. The molecule has 1 unspecified atom stereocenters. The first kappa shape index (κ1) is 14.7. The summed E-state index contributed by atoms with van der Waals surface area (Å²) < 4.78 is 1.82. The van der Waals surface area contributed by atoms with E-state index in [0.717, 1.165) is 24.2 Å². The molecule has 1 aromatic heterocycles. The summed E-state index contributed by atoms with van der Waals surface area (Å²) in [6.07, 6.45) is 2.56. The summed E-state index contributed by atoms with van der Waals surface area (Å²) in [7, 11) is 0. The number of nitrogens with zero attached hydrogens (tertiary/aromatic N) is 2. The van der Waals surface area contributed by atoms with E-state index in [1.54, 1.807) is 24.4 Å². The molecule has 1 aromatic carbocycles. The van der Waals surface area contributed by atoms with Crippen LogP contribution in [-0.4, -0.2) is 9.78 Å². The van der Waals surface area contributed by atoms with Gasteiger partial charge >= 0.3 is 0 Å². The van der Waals surface area contributed by atoms with Gasteiger partial charge in [-0.25, -0.2) is 0 Å². The second-order valence-electron chi connectivity index (χ2n) is 4.28. The first-order valence-corrected chi connectivity index (χ1v) is 7.09. The van der Waals surface area contributed by atoms with Crippen LogP contribution in [0.4, 0.5) is 0 Å². The lowest BCUT2D eigenvalue weighted by Crippen LogP contribution is -2.18. The Morgan fingerprint density at radius 1 is 1.21 bits per heavy atom. The van der Waals surface area contributed by atoms with Gasteiger partial charge in [0.2, 0.25) is 0 Å². The number of nitrogens with two attached hydrogens (primary N) is 1. The minimum absolute atomic E-state index is 0.405. The molecule has 2 rings (SSSR count). The molecule has 1 atom stereocenters. The molecule has 0 fully saturated rings. The Morgan fingerprint density at radius 3 is 2.42 bits per heavy atom. The number of rotatable bonds is 4. The van der Waals surface area contributed by atoms with E-state index in [9.17, 15) is 0 Å². The predicted molar refractivity (Wildman–Crippen MR) is 80.0 cm³/mol. The summed E-state index contributed by atoms with van der Waals surface area (Å²) in [5.41, 5.74) is 7.86. The average Bonchev–Trinajstić information content (AvgIpc) is 2.69. The lowest BCUT2D eigenvalue weighted by molar-refractivity contribution is 0.560. The molecule has 0 saturated carbocycles. The van der Waals surface area contributed by atoms with E-state index < -0.39 is 6.04 Å². The van der Waals surface area contributed by atoms with Crippen LogP contribution in [0.3, 0.4) is 0 Å². The molecule has 0 bridgehead atoms. The maximum atomic E-state index is 6.27. The first-order chi connectivity index (χ1) is 9.02. The molecule has 0 aliphatic carbocycles. The molecule has 102 valence electrons. The van der Waals surface area contributed by atoms with Crippen LogP contribution in [-0.2, 0) is 6.54 Å². The van der Waals surface area contributed by atoms with Crippen molar-refractivity contribution < 1.29 is 0 Å². The Balaban J connectivity index is 2.43. The van der Waals surface area contributed by atoms with Crippen LogP contribution in [0.2, 0.25) is 15.1 Å². The molecule has 6 heteroatoms. The Kier molecular flexibility index (Phi) is 4.74. The molecule has 2 N–H and O–H groups in total. The van der Waals surface area contributed by atoms with Crippen LogP contribution in [0, 0.1) is 0 Å². The van der Waals surface area contributed by atoms with Crippen LogP contribution < -0.4 is 5.73 Å². The Hall–Kier alpha value is -0.740. The molecule has 0 amide bonds. The number of halogens is 3. The smallest absolute Gasteiger partial charge is 0.0837 e. The molecule has 0 aliphatic rings. The minimum atomic E-state index is -0.405. The molecule has 1 heterocycles. The topological polar surface area (TPSA) is 43.8 Å². The molecular weight excluding hydrogens is 305 g/mol. The standard InChI is InChI=1S/C13H14Cl3N3/c1-2-3-19-13(11(16)7-18-19)12(17)8-4-9(14)6-10(15)5-8/h4-7,12H,2-3,17H2,1H3. The molecule has 0 radical (unpaired) electrons. The van der Waals surface area contributed by atoms with Gasteiger partial charge in [-0.1, -0.05) is 41.7 Å². The third-order valence-corrected chi connectivity index (χ3v) is 3.53. The minimum Gasteiger partial charge on any atom is -0.319 e. The van der Waals surface area contributed by atoms with Crippen molar-refractivity contribution in [3.8, 4) is 0 Å². The largest absolute Gasteiger partial charge is 0.319 e. The third-order valence-electron chi connectivity index (χ3n) is 2.81. The summed E-state index contributed by atoms with van der Waals surface area (Å²) in [4.78, 5) is 0. The lowest BCUT2D eigenvalue weighted by atomic mass is 10.0. The first-order valence-electron chi connectivity index (χ1n) is 5.95. The van der Waals surface area contributed by atoms with Crippen LogP contribution >= 0.6 is 34.8 Å². The van der Waals surface area contributed by atoms with Crippen LogP contribution in [0.5, 0.6) is 0 Å². The van der Waals surface area contributed by atoms with E-state index in [-0.39, 0.29) is 0 Å². The highest BCUT2D eigenvalue weighted by Gasteiger charge is 2.19. The van der Waals surface area contributed by atoms with E-state index in [1.807, 2.05) is 4.68 Å². The summed E-state index contributed by atoms with van der Waals surface area (Å²) in [6.45, 7) is 2.84. The summed E-state index contributed by atoms with van der Waals surface area (Å²) in [5.74, 6) is 0. The molecule has 0 saturated heterocycles. The summed E-state index contributed by atoms with van der Waals surface area (Å²) in [6, 6.07) is 4.84.